The molecule has 0 radical (unpaired) electrons. The number of hydrogen-bond donors (Lipinski definition) is 2. The molecule has 0 bridgehead atoms. The van der Waals surface area contributed by atoms with Crippen LogP contribution in [0.4, 0.5) is 0 Å². The van der Waals surface area contributed by atoms with Crippen molar-refractivity contribution in [1.29, 1.82) is 0 Å². The zero-order valence-electron chi connectivity index (χ0n) is 9.96. The van der Waals surface area contributed by atoms with Crippen LogP contribution in [0.15, 0.2) is 24.3 Å². The van der Waals surface area contributed by atoms with Crippen LogP contribution in [-0.4, -0.2) is 0 Å². The number of rotatable bonds is 5. The average molecular weight is 206 g/mol. The van der Waals surface area contributed by atoms with E-state index in [2.05, 4.69) is 50.5 Å². The van der Waals surface area contributed by atoms with Gasteiger partial charge < -0.3 is 0 Å². The van der Waals surface area contributed by atoms with E-state index in [1.165, 1.54) is 17.5 Å². The highest BCUT2D eigenvalue weighted by Crippen LogP contribution is 2.22. The predicted octanol–water partition coefficient (Wildman–Crippen LogP) is 2.94. The Morgan fingerprint density at radius 3 is 2.33 bits per heavy atom. The van der Waals surface area contributed by atoms with E-state index in [1.54, 1.807) is 0 Å². The van der Waals surface area contributed by atoms with E-state index in [0.29, 0.717) is 5.92 Å². The first-order valence-electron chi connectivity index (χ1n) is 5.70. The van der Waals surface area contributed by atoms with Crippen LogP contribution in [0.1, 0.15) is 43.9 Å². The van der Waals surface area contributed by atoms with Crippen LogP contribution in [-0.2, 0) is 0 Å². The summed E-state index contributed by atoms with van der Waals surface area (Å²) in [7, 11) is 0. The minimum atomic E-state index is 0.278. The summed E-state index contributed by atoms with van der Waals surface area (Å²) < 4.78 is 0. The molecule has 0 saturated carbocycles. The van der Waals surface area contributed by atoms with E-state index in [4.69, 9.17) is 5.84 Å². The summed E-state index contributed by atoms with van der Waals surface area (Å²) in [5, 5.41) is 0. The summed E-state index contributed by atoms with van der Waals surface area (Å²) in [4.78, 5) is 0. The minimum Gasteiger partial charge on any atom is -0.271 e. The molecule has 2 atom stereocenters. The smallest absolute Gasteiger partial charge is 0.0462 e. The molecule has 1 aromatic rings. The van der Waals surface area contributed by atoms with Gasteiger partial charge in [0, 0.05) is 6.04 Å². The summed E-state index contributed by atoms with van der Waals surface area (Å²) in [6.45, 7) is 6.58. The summed E-state index contributed by atoms with van der Waals surface area (Å²) in [6, 6.07) is 8.86. The molecule has 3 N–H and O–H groups in total. The molecule has 84 valence electrons. The fourth-order valence-electron chi connectivity index (χ4n) is 1.67. The Kier molecular flexibility index (Phi) is 4.79. The summed E-state index contributed by atoms with van der Waals surface area (Å²) in [6.07, 6.45) is 2.29. The summed E-state index contributed by atoms with van der Waals surface area (Å²) >= 11 is 0. The number of benzene rings is 1. The fourth-order valence-corrected chi connectivity index (χ4v) is 1.67. The third kappa shape index (κ3) is 3.65. The molecule has 2 nitrogen and oxygen atoms in total. The number of hydrazine groups is 1. The van der Waals surface area contributed by atoms with Gasteiger partial charge in [0.05, 0.1) is 0 Å². The lowest BCUT2D eigenvalue weighted by Gasteiger charge is -2.19. The second-order valence-corrected chi connectivity index (χ2v) is 4.38. The van der Waals surface area contributed by atoms with Gasteiger partial charge in [-0.25, -0.2) is 0 Å². The van der Waals surface area contributed by atoms with Gasteiger partial charge in [-0.15, -0.1) is 0 Å². The van der Waals surface area contributed by atoms with Gasteiger partial charge in [-0.2, -0.15) is 0 Å². The molecule has 1 rings (SSSR count). The van der Waals surface area contributed by atoms with Crippen LogP contribution in [0.25, 0.3) is 0 Å². The zero-order chi connectivity index (χ0) is 11.3. The topological polar surface area (TPSA) is 38.0 Å². The first kappa shape index (κ1) is 12.2. The maximum Gasteiger partial charge on any atom is 0.0462 e. The van der Waals surface area contributed by atoms with Gasteiger partial charge in [-0.3, -0.25) is 11.3 Å². The van der Waals surface area contributed by atoms with E-state index in [0.717, 1.165) is 6.42 Å². The van der Waals surface area contributed by atoms with E-state index < -0.39 is 0 Å². The van der Waals surface area contributed by atoms with Crippen molar-refractivity contribution in [2.75, 3.05) is 0 Å². The van der Waals surface area contributed by atoms with Crippen LogP contribution >= 0.6 is 0 Å². The number of nitrogens with two attached hydrogens (primary N) is 1. The number of hydrogen-bond acceptors (Lipinski definition) is 2. The Labute approximate surface area is 92.8 Å². The quantitative estimate of drug-likeness (QED) is 0.574. The molecule has 0 heterocycles. The normalized spacial score (nSPS) is 14.9. The molecule has 2 heteroatoms. The van der Waals surface area contributed by atoms with Gasteiger partial charge in [0.15, 0.2) is 0 Å². The Hall–Kier alpha value is -0.860. The zero-order valence-corrected chi connectivity index (χ0v) is 9.96. The Balaban J connectivity index is 2.69. The van der Waals surface area contributed by atoms with Crippen molar-refractivity contribution in [2.24, 2.45) is 11.8 Å². The van der Waals surface area contributed by atoms with E-state index in [-0.39, 0.29) is 6.04 Å². The minimum absolute atomic E-state index is 0.278. The first-order valence-corrected chi connectivity index (χ1v) is 5.70. The van der Waals surface area contributed by atoms with Gasteiger partial charge >= 0.3 is 0 Å². The van der Waals surface area contributed by atoms with Gasteiger partial charge in [0.25, 0.3) is 0 Å². The van der Waals surface area contributed by atoms with E-state index >= 15 is 0 Å². The van der Waals surface area contributed by atoms with Crippen molar-refractivity contribution in [1.82, 2.24) is 5.43 Å². The lowest BCUT2D eigenvalue weighted by Crippen LogP contribution is -2.29. The van der Waals surface area contributed by atoms with Crippen molar-refractivity contribution < 1.29 is 0 Å². The molecule has 0 fully saturated rings. The molecule has 0 aliphatic carbocycles. The summed E-state index contributed by atoms with van der Waals surface area (Å²) in [5.74, 6) is 6.30. The highest BCUT2D eigenvalue weighted by Gasteiger charge is 2.12. The molecule has 0 spiro atoms. The van der Waals surface area contributed by atoms with Gasteiger partial charge in [0.1, 0.15) is 0 Å². The van der Waals surface area contributed by atoms with Crippen molar-refractivity contribution in [3.05, 3.63) is 35.4 Å². The van der Waals surface area contributed by atoms with Gasteiger partial charge in [0.2, 0.25) is 0 Å². The van der Waals surface area contributed by atoms with Crippen LogP contribution < -0.4 is 11.3 Å². The Morgan fingerprint density at radius 2 is 1.87 bits per heavy atom. The number of aryl methyl sites for hydroxylation is 1. The molecule has 0 saturated heterocycles. The monoisotopic (exact) mass is 206 g/mol. The molecule has 0 amide bonds. The van der Waals surface area contributed by atoms with Crippen LogP contribution in [0.3, 0.4) is 0 Å². The second kappa shape index (κ2) is 5.89. The molecular formula is C13H22N2. The second-order valence-electron chi connectivity index (χ2n) is 4.38. The average Bonchev–Trinajstić information content (AvgIpc) is 2.27. The van der Waals surface area contributed by atoms with E-state index in [1.807, 2.05) is 0 Å². The predicted molar refractivity (Wildman–Crippen MR) is 65.3 cm³/mol. The highest BCUT2D eigenvalue weighted by atomic mass is 15.2. The fraction of sp³-hybridized carbons (Fsp3) is 0.538. The van der Waals surface area contributed by atoms with Crippen molar-refractivity contribution in [3.8, 4) is 0 Å². The highest BCUT2D eigenvalue weighted by molar-refractivity contribution is 5.24. The number of nitrogens with one attached hydrogen (secondary N) is 1. The maximum atomic E-state index is 5.60. The SMILES string of the molecule is CCC(C)CC(NN)c1ccc(C)cc1. The molecule has 2 unspecified atom stereocenters. The van der Waals surface area contributed by atoms with Crippen molar-refractivity contribution in [2.45, 2.75) is 39.7 Å². The third-order valence-corrected chi connectivity index (χ3v) is 3.02. The van der Waals surface area contributed by atoms with Crippen molar-refractivity contribution in [3.63, 3.8) is 0 Å². The van der Waals surface area contributed by atoms with Gasteiger partial charge in [-0.05, 0) is 24.8 Å². The molecule has 15 heavy (non-hydrogen) atoms. The van der Waals surface area contributed by atoms with Gasteiger partial charge in [-0.1, -0.05) is 50.1 Å². The molecule has 0 aliphatic rings. The van der Waals surface area contributed by atoms with Crippen molar-refractivity contribution >= 4 is 0 Å². The lowest BCUT2D eigenvalue weighted by atomic mass is 9.94. The van der Waals surface area contributed by atoms with Crippen LogP contribution in [0, 0.1) is 12.8 Å². The Morgan fingerprint density at radius 1 is 1.27 bits per heavy atom. The summed E-state index contributed by atoms with van der Waals surface area (Å²) in [5.41, 5.74) is 5.47. The first-order chi connectivity index (χ1) is 7.17. The standard InChI is InChI=1S/C13H22N2/c1-4-10(2)9-13(15-14)12-7-5-11(3)6-8-12/h5-8,10,13,15H,4,9,14H2,1-3H3. The Bertz CT molecular complexity index is 279. The third-order valence-electron chi connectivity index (χ3n) is 3.02. The molecular weight excluding hydrogens is 184 g/mol. The van der Waals surface area contributed by atoms with Crippen LogP contribution in [0.5, 0.6) is 0 Å². The van der Waals surface area contributed by atoms with E-state index in [9.17, 15) is 0 Å². The van der Waals surface area contributed by atoms with Crippen LogP contribution in [0.2, 0.25) is 0 Å². The lowest BCUT2D eigenvalue weighted by molar-refractivity contribution is 0.408. The maximum absolute atomic E-state index is 5.60. The molecule has 0 aromatic heterocycles. The largest absolute Gasteiger partial charge is 0.271 e. The molecule has 0 aliphatic heterocycles. The molecule has 1 aromatic carbocycles.